The minimum atomic E-state index is -3.67. The number of nitrogens with one attached hydrogen (secondary N) is 1. The Kier molecular flexibility index (Phi) is 8.34. The van der Waals surface area contributed by atoms with Gasteiger partial charge in [-0.25, -0.2) is 16.8 Å². The Balaban J connectivity index is 1.44. The number of carbonyl (C=O) groups excluding carboxylic acids is 1. The number of sulfone groups is 1. The van der Waals surface area contributed by atoms with Gasteiger partial charge in [0.05, 0.1) is 15.0 Å². The first-order chi connectivity index (χ1) is 18.0. The topological polar surface area (TPSA) is 140 Å². The molecule has 1 saturated carbocycles. The van der Waals surface area contributed by atoms with E-state index < -0.39 is 31.0 Å². The maximum Gasteiger partial charge on any atom is 0.322 e. The zero-order chi connectivity index (χ0) is 27.5. The molecule has 1 amide bonds. The molecule has 38 heavy (non-hydrogen) atoms. The number of hydrogen-bond acceptors (Lipinski definition) is 8. The molecule has 4 rings (SSSR count). The van der Waals surface area contributed by atoms with Gasteiger partial charge in [0, 0.05) is 23.7 Å². The number of anilines is 1. The van der Waals surface area contributed by atoms with E-state index in [-0.39, 0.29) is 33.3 Å². The molecule has 0 spiro atoms. The summed E-state index contributed by atoms with van der Waals surface area (Å²) in [6.07, 6.45) is 4.91. The van der Waals surface area contributed by atoms with E-state index in [0.29, 0.717) is 12.1 Å². The van der Waals surface area contributed by atoms with Crippen molar-refractivity contribution in [2.24, 2.45) is 0 Å². The van der Waals surface area contributed by atoms with Crippen LogP contribution in [0.3, 0.4) is 0 Å². The molecule has 0 saturated heterocycles. The zero-order valence-electron chi connectivity index (χ0n) is 21.6. The predicted octanol–water partition coefficient (Wildman–Crippen LogP) is 4.51. The van der Waals surface area contributed by atoms with E-state index in [1.54, 1.807) is 30.3 Å². The smallest absolute Gasteiger partial charge is 0.322 e. The van der Waals surface area contributed by atoms with Crippen molar-refractivity contribution < 1.29 is 26.0 Å². The van der Waals surface area contributed by atoms with Crippen LogP contribution in [-0.2, 0) is 19.9 Å². The predicted molar refractivity (Wildman–Crippen MR) is 143 cm³/mol. The van der Waals surface area contributed by atoms with Crippen LogP contribution in [0.15, 0.2) is 62.7 Å². The molecule has 204 valence electrons. The highest BCUT2D eigenvalue weighted by atomic mass is 32.2. The van der Waals surface area contributed by atoms with Crippen LogP contribution >= 0.6 is 0 Å². The lowest BCUT2D eigenvalue weighted by molar-refractivity contribution is 0.102. The second kappa shape index (κ2) is 11.3. The Morgan fingerprint density at radius 1 is 0.947 bits per heavy atom. The van der Waals surface area contributed by atoms with Crippen LogP contribution in [0.1, 0.15) is 63.2 Å². The summed E-state index contributed by atoms with van der Waals surface area (Å²) >= 11 is 0. The number of rotatable bonds is 9. The standard InChI is InChI=1S/C26H32N4O6S2/c1-4-30(21-8-6-5-7-9-21)38(34,35)23-16-10-19(11-17-23)24(31)27-26-29-28-25(36-26)20-12-14-22(15-13-20)37(32,33)18(2)3/h10-18,21H,4-9H2,1-3H3,(H,27,29,31). The van der Waals surface area contributed by atoms with Crippen molar-refractivity contribution in [3.05, 3.63) is 54.1 Å². The normalized spacial score (nSPS) is 15.2. The summed E-state index contributed by atoms with van der Waals surface area (Å²) in [5, 5.41) is 9.71. The van der Waals surface area contributed by atoms with Crippen molar-refractivity contribution >= 4 is 31.8 Å². The molecule has 0 radical (unpaired) electrons. The second-order valence-electron chi connectivity index (χ2n) is 9.51. The number of amides is 1. The van der Waals surface area contributed by atoms with Gasteiger partial charge in [-0.1, -0.05) is 31.3 Å². The molecule has 10 nitrogen and oxygen atoms in total. The van der Waals surface area contributed by atoms with Gasteiger partial charge in [-0.2, -0.15) is 4.31 Å². The van der Waals surface area contributed by atoms with Gasteiger partial charge in [0.2, 0.25) is 15.9 Å². The fourth-order valence-electron chi connectivity index (χ4n) is 4.53. The Bertz CT molecular complexity index is 1480. The molecule has 0 bridgehead atoms. The maximum absolute atomic E-state index is 13.2. The molecule has 3 aromatic rings. The number of carbonyl (C=O) groups is 1. The first-order valence-electron chi connectivity index (χ1n) is 12.6. The van der Waals surface area contributed by atoms with E-state index >= 15 is 0 Å². The van der Waals surface area contributed by atoms with Crippen LogP contribution in [0, 0.1) is 0 Å². The Morgan fingerprint density at radius 2 is 1.55 bits per heavy atom. The summed E-state index contributed by atoms with van der Waals surface area (Å²) in [7, 11) is -7.08. The molecule has 12 heteroatoms. The van der Waals surface area contributed by atoms with Crippen molar-refractivity contribution in [3.63, 3.8) is 0 Å². The fraction of sp³-hybridized carbons (Fsp3) is 0.423. The lowest BCUT2D eigenvalue weighted by Gasteiger charge is -2.32. The quantitative estimate of drug-likeness (QED) is 0.403. The molecule has 0 atom stereocenters. The summed E-state index contributed by atoms with van der Waals surface area (Å²) in [6.45, 7) is 5.46. The third-order valence-corrected chi connectivity index (χ3v) is 10.9. The third-order valence-electron chi connectivity index (χ3n) is 6.71. The summed E-state index contributed by atoms with van der Waals surface area (Å²) in [4.78, 5) is 13.0. The third kappa shape index (κ3) is 5.82. The maximum atomic E-state index is 13.2. The molecule has 1 aliphatic carbocycles. The zero-order valence-corrected chi connectivity index (χ0v) is 23.3. The molecule has 1 aromatic heterocycles. The lowest BCUT2D eigenvalue weighted by atomic mass is 9.95. The van der Waals surface area contributed by atoms with Crippen molar-refractivity contribution in [3.8, 4) is 11.5 Å². The molecule has 0 aliphatic heterocycles. The van der Waals surface area contributed by atoms with Gasteiger partial charge >= 0.3 is 6.01 Å². The molecule has 0 unspecified atom stereocenters. The largest absolute Gasteiger partial charge is 0.403 e. The highest BCUT2D eigenvalue weighted by Gasteiger charge is 2.31. The van der Waals surface area contributed by atoms with E-state index in [1.165, 1.54) is 36.4 Å². The van der Waals surface area contributed by atoms with Gasteiger partial charge in [0.1, 0.15) is 0 Å². The highest BCUT2D eigenvalue weighted by molar-refractivity contribution is 7.92. The van der Waals surface area contributed by atoms with Gasteiger partial charge in [-0.15, -0.1) is 5.10 Å². The number of sulfonamides is 1. The lowest BCUT2D eigenvalue weighted by Crippen LogP contribution is -2.41. The number of aromatic nitrogens is 2. The van der Waals surface area contributed by atoms with Crippen molar-refractivity contribution in [1.82, 2.24) is 14.5 Å². The van der Waals surface area contributed by atoms with Gasteiger partial charge in [0.15, 0.2) is 9.84 Å². The van der Waals surface area contributed by atoms with E-state index in [9.17, 15) is 21.6 Å². The summed E-state index contributed by atoms with van der Waals surface area (Å²) in [6, 6.07) is 11.7. The van der Waals surface area contributed by atoms with Gasteiger partial charge in [-0.3, -0.25) is 10.1 Å². The summed E-state index contributed by atoms with van der Waals surface area (Å²) in [5.41, 5.74) is 0.723. The summed E-state index contributed by atoms with van der Waals surface area (Å²) < 4.78 is 58.2. The molecule has 1 aliphatic rings. The number of benzene rings is 2. The molecule has 1 N–H and O–H groups in total. The van der Waals surface area contributed by atoms with E-state index in [4.69, 9.17) is 4.42 Å². The van der Waals surface area contributed by atoms with Crippen LogP contribution in [0.2, 0.25) is 0 Å². The average molecular weight is 561 g/mol. The summed E-state index contributed by atoms with van der Waals surface area (Å²) in [5.74, 6) is -0.431. The fourth-order valence-corrected chi connectivity index (χ4v) is 7.28. The number of nitrogens with zero attached hydrogens (tertiary/aromatic N) is 3. The van der Waals surface area contributed by atoms with E-state index in [2.05, 4.69) is 15.5 Å². The van der Waals surface area contributed by atoms with Crippen LogP contribution in [0.5, 0.6) is 0 Å². The molecule has 1 fully saturated rings. The molecule has 1 heterocycles. The second-order valence-corrected chi connectivity index (χ2v) is 13.9. The number of hydrogen-bond donors (Lipinski definition) is 1. The average Bonchev–Trinajstić information content (AvgIpc) is 3.38. The van der Waals surface area contributed by atoms with Crippen LogP contribution in [-0.4, -0.2) is 55.1 Å². The van der Waals surface area contributed by atoms with Gasteiger partial charge < -0.3 is 4.42 Å². The minimum absolute atomic E-state index is 0.00394. The Morgan fingerprint density at radius 3 is 2.13 bits per heavy atom. The first kappa shape index (κ1) is 27.9. The highest BCUT2D eigenvalue weighted by Crippen LogP contribution is 2.28. The monoisotopic (exact) mass is 560 g/mol. The van der Waals surface area contributed by atoms with Crippen LogP contribution in [0.4, 0.5) is 6.01 Å². The van der Waals surface area contributed by atoms with Crippen molar-refractivity contribution in [2.75, 3.05) is 11.9 Å². The van der Waals surface area contributed by atoms with Crippen molar-refractivity contribution in [2.45, 2.75) is 74.0 Å². The van der Waals surface area contributed by atoms with Crippen LogP contribution in [0.25, 0.3) is 11.5 Å². The molecular weight excluding hydrogens is 528 g/mol. The van der Waals surface area contributed by atoms with E-state index in [1.807, 2.05) is 6.92 Å². The van der Waals surface area contributed by atoms with Gasteiger partial charge in [0.25, 0.3) is 5.91 Å². The first-order valence-corrected chi connectivity index (χ1v) is 15.6. The van der Waals surface area contributed by atoms with Crippen molar-refractivity contribution in [1.29, 1.82) is 0 Å². The molecular formula is C26H32N4O6S2. The molecule has 2 aromatic carbocycles. The van der Waals surface area contributed by atoms with E-state index in [0.717, 1.165) is 32.1 Å². The van der Waals surface area contributed by atoms with Gasteiger partial charge in [-0.05, 0) is 75.2 Å². The Hall–Kier alpha value is -3.09. The van der Waals surface area contributed by atoms with Crippen LogP contribution < -0.4 is 5.32 Å². The SMILES string of the molecule is CCN(C1CCCCC1)S(=O)(=O)c1ccc(C(=O)Nc2nnc(-c3ccc(S(=O)(=O)C(C)C)cc3)o2)cc1. The Labute approximate surface area is 223 Å². The minimum Gasteiger partial charge on any atom is -0.403 e.